The first-order chi connectivity index (χ1) is 15.5. The molecule has 3 aromatic carbocycles. The van der Waals surface area contributed by atoms with Crippen LogP contribution in [-0.4, -0.2) is 34.0 Å². The summed E-state index contributed by atoms with van der Waals surface area (Å²) in [5.74, 6) is -0.495. The van der Waals surface area contributed by atoms with E-state index < -0.39 is 25.8 Å². The largest absolute Gasteiger partial charge is 0.298 e. The van der Waals surface area contributed by atoms with E-state index in [1.807, 2.05) is 0 Å². The minimum absolute atomic E-state index is 0.0321. The van der Waals surface area contributed by atoms with E-state index in [1.165, 1.54) is 54.6 Å². The number of sulfone groups is 1. The first-order valence-corrected chi connectivity index (χ1v) is 13.9. The lowest BCUT2D eigenvalue weighted by Gasteiger charge is -2.09. The molecule has 33 heavy (non-hydrogen) atoms. The maximum absolute atomic E-state index is 12.7. The number of rotatable bonds is 6. The molecule has 4 rings (SSSR count). The Morgan fingerprint density at radius 2 is 1.64 bits per heavy atom. The standard InChI is InChI=1S/C21H16ClN3O5S3/c1-32(27,28)17-9-10-18-19(12-17)31-21(23-18)24-20(26)13-3-2-4-15(11-13)25-33(29,30)16-7-5-14(22)6-8-16/h2-12,25H,1H3,(H,23,24,26). The molecule has 0 spiro atoms. The maximum atomic E-state index is 12.7. The summed E-state index contributed by atoms with van der Waals surface area (Å²) >= 11 is 6.94. The summed E-state index contributed by atoms with van der Waals surface area (Å²) in [6.45, 7) is 0. The van der Waals surface area contributed by atoms with Gasteiger partial charge in [-0.15, -0.1) is 0 Å². The van der Waals surface area contributed by atoms with Crippen molar-refractivity contribution in [2.24, 2.45) is 0 Å². The molecule has 0 fully saturated rings. The number of amides is 1. The van der Waals surface area contributed by atoms with E-state index in [0.717, 1.165) is 17.6 Å². The van der Waals surface area contributed by atoms with E-state index in [2.05, 4.69) is 15.0 Å². The van der Waals surface area contributed by atoms with Gasteiger partial charge < -0.3 is 0 Å². The van der Waals surface area contributed by atoms with Gasteiger partial charge in [0.1, 0.15) is 0 Å². The lowest BCUT2D eigenvalue weighted by atomic mass is 10.2. The average molecular weight is 522 g/mol. The van der Waals surface area contributed by atoms with Crippen LogP contribution in [0.25, 0.3) is 10.2 Å². The van der Waals surface area contributed by atoms with Crippen molar-refractivity contribution in [3.05, 3.63) is 77.3 Å². The predicted molar refractivity (Wildman–Crippen MR) is 129 cm³/mol. The van der Waals surface area contributed by atoms with Crippen molar-refractivity contribution >= 4 is 69.7 Å². The quantitative estimate of drug-likeness (QED) is 0.387. The minimum Gasteiger partial charge on any atom is -0.298 e. The Kier molecular flexibility index (Phi) is 6.14. The molecule has 0 aliphatic carbocycles. The van der Waals surface area contributed by atoms with Crippen molar-refractivity contribution < 1.29 is 21.6 Å². The molecule has 1 amide bonds. The second-order valence-electron chi connectivity index (χ2n) is 7.02. The molecule has 0 unspecified atom stereocenters. The lowest BCUT2D eigenvalue weighted by molar-refractivity contribution is 0.102. The molecule has 0 aliphatic rings. The van der Waals surface area contributed by atoms with Crippen molar-refractivity contribution in [2.45, 2.75) is 9.79 Å². The first kappa shape index (κ1) is 23.2. The smallest absolute Gasteiger partial charge is 0.261 e. The Labute approximate surface area is 199 Å². The number of hydrogen-bond acceptors (Lipinski definition) is 7. The summed E-state index contributed by atoms with van der Waals surface area (Å²) in [6, 6.07) is 16.2. The zero-order valence-corrected chi connectivity index (χ0v) is 20.1. The van der Waals surface area contributed by atoms with Crippen molar-refractivity contribution in [3.63, 3.8) is 0 Å². The number of aromatic nitrogens is 1. The molecular weight excluding hydrogens is 506 g/mol. The SMILES string of the molecule is CS(=O)(=O)c1ccc2nc(NC(=O)c3cccc(NS(=O)(=O)c4ccc(Cl)cc4)c3)sc2c1. The number of thiazole rings is 1. The van der Waals surface area contributed by atoms with E-state index >= 15 is 0 Å². The highest BCUT2D eigenvalue weighted by Crippen LogP contribution is 2.29. The zero-order valence-electron chi connectivity index (χ0n) is 16.9. The number of nitrogens with zero attached hydrogens (tertiary/aromatic N) is 1. The van der Waals surface area contributed by atoms with Crippen LogP contribution in [0.15, 0.2) is 76.5 Å². The van der Waals surface area contributed by atoms with Gasteiger partial charge in [0.2, 0.25) is 0 Å². The van der Waals surface area contributed by atoms with E-state index in [4.69, 9.17) is 11.6 Å². The highest BCUT2D eigenvalue weighted by Gasteiger charge is 2.16. The summed E-state index contributed by atoms with van der Waals surface area (Å²) in [5, 5.41) is 3.36. The van der Waals surface area contributed by atoms with Crippen LogP contribution in [0.3, 0.4) is 0 Å². The maximum Gasteiger partial charge on any atom is 0.261 e. The topological polar surface area (TPSA) is 122 Å². The summed E-state index contributed by atoms with van der Waals surface area (Å²) in [7, 11) is -7.23. The molecule has 0 aliphatic heterocycles. The molecule has 0 radical (unpaired) electrons. The Morgan fingerprint density at radius 3 is 2.33 bits per heavy atom. The number of hydrogen-bond donors (Lipinski definition) is 2. The van der Waals surface area contributed by atoms with Crippen LogP contribution in [0, 0.1) is 0 Å². The Morgan fingerprint density at radius 1 is 0.939 bits per heavy atom. The molecule has 0 atom stereocenters. The van der Waals surface area contributed by atoms with Crippen LogP contribution in [0.2, 0.25) is 5.02 Å². The van der Waals surface area contributed by atoms with Crippen LogP contribution in [-0.2, 0) is 19.9 Å². The van der Waals surface area contributed by atoms with Gasteiger partial charge in [-0.05, 0) is 60.7 Å². The van der Waals surface area contributed by atoms with Gasteiger partial charge in [0, 0.05) is 22.5 Å². The highest BCUT2D eigenvalue weighted by molar-refractivity contribution is 7.92. The molecular formula is C21H16ClN3O5S3. The van der Waals surface area contributed by atoms with Crippen LogP contribution in [0.5, 0.6) is 0 Å². The third-order valence-electron chi connectivity index (χ3n) is 4.51. The van der Waals surface area contributed by atoms with Crippen LogP contribution in [0.4, 0.5) is 10.8 Å². The van der Waals surface area contributed by atoms with Crippen LogP contribution < -0.4 is 10.0 Å². The summed E-state index contributed by atoms with van der Waals surface area (Å²) in [6.07, 6.45) is 1.12. The zero-order chi connectivity index (χ0) is 23.8. The van der Waals surface area contributed by atoms with Crippen LogP contribution >= 0.6 is 22.9 Å². The summed E-state index contributed by atoms with van der Waals surface area (Å²) in [5.41, 5.74) is 0.967. The normalized spacial score (nSPS) is 11.9. The van der Waals surface area contributed by atoms with E-state index in [9.17, 15) is 21.6 Å². The third-order valence-corrected chi connectivity index (χ3v) is 8.20. The van der Waals surface area contributed by atoms with E-state index in [-0.39, 0.29) is 26.2 Å². The number of anilines is 2. The number of sulfonamides is 1. The fourth-order valence-electron chi connectivity index (χ4n) is 2.91. The van der Waals surface area contributed by atoms with Crippen molar-refractivity contribution in [1.82, 2.24) is 4.98 Å². The van der Waals surface area contributed by atoms with Crippen molar-refractivity contribution in [1.29, 1.82) is 0 Å². The second-order valence-corrected chi connectivity index (χ2v) is 12.2. The molecule has 1 heterocycles. The van der Waals surface area contributed by atoms with Crippen molar-refractivity contribution in [2.75, 3.05) is 16.3 Å². The Hall–Kier alpha value is -2.99. The van der Waals surface area contributed by atoms with Gasteiger partial charge >= 0.3 is 0 Å². The molecule has 8 nitrogen and oxygen atoms in total. The monoisotopic (exact) mass is 521 g/mol. The molecule has 0 saturated heterocycles. The fourth-order valence-corrected chi connectivity index (χ4v) is 5.71. The Bertz CT molecular complexity index is 1580. The molecule has 2 N–H and O–H groups in total. The highest BCUT2D eigenvalue weighted by atomic mass is 35.5. The van der Waals surface area contributed by atoms with Gasteiger partial charge in [0.15, 0.2) is 15.0 Å². The third kappa shape index (κ3) is 5.33. The number of carbonyl (C=O) groups is 1. The number of halogens is 1. The molecule has 1 aromatic heterocycles. The fraction of sp³-hybridized carbons (Fsp3) is 0.0476. The van der Waals surface area contributed by atoms with Gasteiger partial charge in [-0.2, -0.15) is 0 Å². The number of nitrogens with one attached hydrogen (secondary N) is 2. The van der Waals surface area contributed by atoms with Gasteiger partial charge in [0.05, 0.1) is 20.0 Å². The molecule has 0 bridgehead atoms. The average Bonchev–Trinajstić information content (AvgIpc) is 3.14. The predicted octanol–water partition coefficient (Wildman–Crippen LogP) is 4.41. The number of benzene rings is 3. The van der Waals surface area contributed by atoms with Gasteiger partial charge in [0.25, 0.3) is 15.9 Å². The Balaban J connectivity index is 1.54. The van der Waals surface area contributed by atoms with Gasteiger partial charge in [-0.3, -0.25) is 14.8 Å². The van der Waals surface area contributed by atoms with Crippen LogP contribution in [0.1, 0.15) is 10.4 Å². The molecule has 12 heteroatoms. The number of fused-ring (bicyclic) bond motifs is 1. The molecule has 0 saturated carbocycles. The molecule has 170 valence electrons. The second kappa shape index (κ2) is 8.75. The lowest BCUT2D eigenvalue weighted by Crippen LogP contribution is -2.15. The van der Waals surface area contributed by atoms with E-state index in [1.54, 1.807) is 12.1 Å². The first-order valence-electron chi connectivity index (χ1n) is 9.32. The van der Waals surface area contributed by atoms with E-state index in [0.29, 0.717) is 15.2 Å². The van der Waals surface area contributed by atoms with Gasteiger partial charge in [-0.25, -0.2) is 21.8 Å². The summed E-state index contributed by atoms with van der Waals surface area (Å²) < 4.78 is 51.7. The minimum atomic E-state index is -3.86. The number of carbonyl (C=O) groups excluding carboxylic acids is 1. The summed E-state index contributed by atoms with van der Waals surface area (Å²) in [4.78, 5) is 17.2. The molecule has 4 aromatic rings. The van der Waals surface area contributed by atoms with Crippen molar-refractivity contribution in [3.8, 4) is 0 Å². The van der Waals surface area contributed by atoms with Gasteiger partial charge in [-0.1, -0.05) is 29.0 Å².